The van der Waals surface area contributed by atoms with Crippen LogP contribution in [-0.4, -0.2) is 63.8 Å². The van der Waals surface area contributed by atoms with Gasteiger partial charge in [-0.2, -0.15) is 0 Å². The van der Waals surface area contributed by atoms with E-state index < -0.39 is 9.71 Å². The van der Waals surface area contributed by atoms with E-state index in [9.17, 15) is 4.21 Å². The number of hydrogen-bond donors (Lipinski definition) is 2. The molecule has 3 aromatic rings. The highest BCUT2D eigenvalue weighted by atomic mass is 32.2. The summed E-state index contributed by atoms with van der Waals surface area (Å²) in [6, 6.07) is 5.67. The Morgan fingerprint density at radius 3 is 2.77 bits per heavy atom. The van der Waals surface area contributed by atoms with E-state index in [2.05, 4.69) is 20.6 Å². The topological polar surface area (TPSA) is 114 Å². The second-order valence-corrected chi connectivity index (χ2v) is 9.23. The number of nitrogens with one attached hydrogen (secondary N) is 1. The number of benzene rings is 1. The van der Waals surface area contributed by atoms with E-state index in [4.69, 9.17) is 19.9 Å². The molecule has 3 N–H and O–H groups in total. The van der Waals surface area contributed by atoms with E-state index >= 15 is 0 Å². The van der Waals surface area contributed by atoms with Gasteiger partial charge in [0.25, 0.3) is 0 Å². The highest BCUT2D eigenvalue weighted by Gasteiger charge is 2.18. The van der Waals surface area contributed by atoms with Gasteiger partial charge in [0.05, 0.1) is 29.6 Å². The van der Waals surface area contributed by atoms with E-state index in [0.29, 0.717) is 56.7 Å². The number of rotatable bonds is 11. The fourth-order valence-corrected chi connectivity index (χ4v) is 3.64. The first-order chi connectivity index (χ1) is 14.3. The zero-order valence-corrected chi connectivity index (χ0v) is 18.5. The third-order valence-electron chi connectivity index (χ3n) is 4.49. The number of imidazole rings is 1. The van der Waals surface area contributed by atoms with Crippen LogP contribution in [0.5, 0.6) is 5.75 Å². The number of hydrogen-bond acceptors (Lipinski definition) is 7. The van der Waals surface area contributed by atoms with Crippen molar-refractivity contribution in [2.45, 2.75) is 13.5 Å². The van der Waals surface area contributed by atoms with Gasteiger partial charge in [0, 0.05) is 36.2 Å². The van der Waals surface area contributed by atoms with Crippen LogP contribution in [0.2, 0.25) is 0 Å². The number of anilines is 1. The van der Waals surface area contributed by atoms with E-state index in [-0.39, 0.29) is 0 Å². The fourth-order valence-electron chi connectivity index (χ4n) is 3.13. The third kappa shape index (κ3) is 5.20. The lowest BCUT2D eigenvalue weighted by Gasteiger charge is -2.12. The number of nitrogens with two attached hydrogens (primary N) is 1. The van der Waals surface area contributed by atoms with E-state index in [1.54, 1.807) is 6.26 Å². The molecule has 0 radical (unpaired) electrons. The molecule has 0 saturated carbocycles. The smallest absolute Gasteiger partial charge is 0.152 e. The predicted molar refractivity (Wildman–Crippen MR) is 121 cm³/mol. The van der Waals surface area contributed by atoms with Gasteiger partial charge >= 0.3 is 0 Å². The Kier molecular flexibility index (Phi) is 7.14. The summed E-state index contributed by atoms with van der Waals surface area (Å²) in [4.78, 5) is 9.12. The summed E-state index contributed by atoms with van der Waals surface area (Å²) in [5, 5.41) is 0.851. The van der Waals surface area contributed by atoms with E-state index in [0.717, 1.165) is 22.2 Å². The normalized spacial score (nSPS) is 13.7. The molecule has 2 heterocycles. The van der Waals surface area contributed by atoms with Crippen molar-refractivity contribution in [2.75, 3.05) is 45.0 Å². The standard InChI is InChI=1S/C20H29N5O4S/c1-5-27-13-16-24-18-19(25(16)2)17-14(23-20(18)21)7-6-8-15(17)29-12-11-28-10-9-22-30(3,4)26/h6-8H,3,5,9-13H2,1-2,4H3,(H2,21,23)(H,22,26). The Bertz CT molecular complexity index is 1130. The quantitative estimate of drug-likeness (QED) is 0.346. The maximum absolute atomic E-state index is 11.5. The average molecular weight is 436 g/mol. The molecule has 0 fully saturated rings. The Balaban J connectivity index is 1.78. The molecule has 0 amide bonds. The molecule has 10 heteroatoms. The Hall–Kier alpha value is -2.40. The van der Waals surface area contributed by atoms with Crippen LogP contribution in [0.3, 0.4) is 0 Å². The predicted octanol–water partition coefficient (Wildman–Crippen LogP) is 1.49. The first-order valence-corrected chi connectivity index (χ1v) is 11.8. The Morgan fingerprint density at radius 1 is 1.23 bits per heavy atom. The molecule has 9 nitrogen and oxygen atoms in total. The van der Waals surface area contributed by atoms with E-state index in [1.165, 1.54) is 0 Å². The zero-order valence-electron chi connectivity index (χ0n) is 17.6. The van der Waals surface area contributed by atoms with Crippen molar-refractivity contribution >= 4 is 43.3 Å². The first-order valence-electron chi connectivity index (χ1n) is 9.70. The first kappa shape index (κ1) is 22.3. The number of nitrogens with zero attached hydrogens (tertiary/aromatic N) is 3. The van der Waals surface area contributed by atoms with Crippen LogP contribution in [0.1, 0.15) is 12.7 Å². The summed E-state index contributed by atoms with van der Waals surface area (Å²) in [6.45, 7) is 4.58. The van der Waals surface area contributed by atoms with Crippen molar-refractivity contribution in [1.29, 1.82) is 0 Å². The second kappa shape index (κ2) is 9.61. The number of aryl methyl sites for hydroxylation is 1. The lowest BCUT2D eigenvalue weighted by atomic mass is 10.1. The molecule has 0 aliphatic heterocycles. The van der Waals surface area contributed by atoms with Crippen molar-refractivity contribution in [2.24, 2.45) is 7.05 Å². The minimum Gasteiger partial charge on any atom is -0.490 e. The SMILES string of the molecule is C=S(C)(=O)NCCOCCOc1cccc2nc(N)c3nc(COCC)n(C)c3c12. The monoisotopic (exact) mass is 435 g/mol. The van der Waals surface area contributed by atoms with Gasteiger partial charge in [0.2, 0.25) is 0 Å². The Morgan fingerprint density at radius 2 is 2.03 bits per heavy atom. The van der Waals surface area contributed by atoms with Gasteiger partial charge < -0.3 is 24.5 Å². The van der Waals surface area contributed by atoms with Crippen molar-refractivity contribution in [3.8, 4) is 5.75 Å². The molecule has 0 aliphatic carbocycles. The summed E-state index contributed by atoms with van der Waals surface area (Å²) in [6.07, 6.45) is 1.55. The highest BCUT2D eigenvalue weighted by molar-refractivity contribution is 7.97. The van der Waals surface area contributed by atoms with Crippen LogP contribution < -0.4 is 15.2 Å². The summed E-state index contributed by atoms with van der Waals surface area (Å²) in [5.41, 5.74) is 8.40. The Labute approximate surface area is 176 Å². The number of pyridine rings is 1. The minimum absolute atomic E-state index is 0.362. The molecule has 164 valence electrons. The molecule has 0 aliphatic rings. The highest BCUT2D eigenvalue weighted by Crippen LogP contribution is 2.34. The summed E-state index contributed by atoms with van der Waals surface area (Å²) < 4.78 is 33.3. The fraction of sp³-hybridized carbons (Fsp3) is 0.450. The lowest BCUT2D eigenvalue weighted by Crippen LogP contribution is -2.26. The van der Waals surface area contributed by atoms with Crippen molar-refractivity contribution in [3.63, 3.8) is 0 Å². The summed E-state index contributed by atoms with van der Waals surface area (Å²) in [5.74, 6) is 5.37. The molecular weight excluding hydrogens is 406 g/mol. The molecule has 1 aromatic carbocycles. The molecule has 1 atom stereocenters. The van der Waals surface area contributed by atoms with Gasteiger partial charge in [-0.15, -0.1) is 0 Å². The second-order valence-electron chi connectivity index (χ2n) is 6.93. The molecule has 30 heavy (non-hydrogen) atoms. The minimum atomic E-state index is -2.21. The lowest BCUT2D eigenvalue weighted by molar-refractivity contribution is 0.105. The number of ether oxygens (including phenoxy) is 3. The average Bonchev–Trinajstić information content (AvgIpc) is 3.02. The van der Waals surface area contributed by atoms with E-state index in [1.807, 2.05) is 36.7 Å². The molecule has 3 rings (SSSR count). The molecule has 1 unspecified atom stereocenters. The van der Waals surface area contributed by atoms with Crippen LogP contribution in [0.15, 0.2) is 18.2 Å². The van der Waals surface area contributed by atoms with Crippen LogP contribution in [-0.2, 0) is 32.8 Å². The number of nitrogen functional groups attached to an aromatic ring is 1. The van der Waals surface area contributed by atoms with Crippen LogP contribution in [0, 0.1) is 0 Å². The van der Waals surface area contributed by atoms with Crippen molar-refractivity contribution < 1.29 is 18.4 Å². The number of aromatic nitrogens is 3. The van der Waals surface area contributed by atoms with Crippen molar-refractivity contribution in [3.05, 3.63) is 24.0 Å². The maximum atomic E-state index is 11.5. The largest absolute Gasteiger partial charge is 0.490 e. The van der Waals surface area contributed by atoms with Gasteiger partial charge in [-0.05, 0) is 24.9 Å². The summed E-state index contributed by atoms with van der Waals surface area (Å²) in [7, 11) is -0.278. The maximum Gasteiger partial charge on any atom is 0.152 e. The van der Waals surface area contributed by atoms with Gasteiger partial charge in [0.15, 0.2) is 5.82 Å². The van der Waals surface area contributed by atoms with Gasteiger partial charge in [-0.1, -0.05) is 6.07 Å². The van der Waals surface area contributed by atoms with Gasteiger partial charge in [-0.25, -0.2) is 14.7 Å². The van der Waals surface area contributed by atoms with Crippen LogP contribution in [0.4, 0.5) is 5.82 Å². The number of fused-ring (bicyclic) bond motifs is 3. The van der Waals surface area contributed by atoms with Crippen LogP contribution >= 0.6 is 0 Å². The molecule has 0 bridgehead atoms. The summed E-state index contributed by atoms with van der Waals surface area (Å²) >= 11 is 0. The van der Waals surface area contributed by atoms with Gasteiger partial charge in [-0.3, -0.25) is 4.21 Å². The van der Waals surface area contributed by atoms with Gasteiger partial charge in [0.1, 0.15) is 30.3 Å². The molecule has 0 spiro atoms. The molecule has 0 saturated heterocycles. The third-order valence-corrected chi connectivity index (χ3v) is 5.30. The van der Waals surface area contributed by atoms with Crippen molar-refractivity contribution in [1.82, 2.24) is 19.3 Å². The molecule has 2 aromatic heterocycles. The van der Waals surface area contributed by atoms with Crippen LogP contribution in [0.25, 0.3) is 21.9 Å². The molecular formula is C20H29N5O4S. The zero-order chi connectivity index (χ0) is 21.7.